The second-order valence-electron chi connectivity index (χ2n) is 6.51. The third kappa shape index (κ3) is 3.92. The van der Waals surface area contributed by atoms with Gasteiger partial charge in [0.25, 0.3) is 0 Å². The van der Waals surface area contributed by atoms with E-state index in [4.69, 9.17) is 4.18 Å². The molecule has 20 heavy (non-hydrogen) atoms. The minimum Gasteiger partial charge on any atom is -0.283 e. The topological polar surface area (TPSA) is 26.3 Å². The van der Waals surface area contributed by atoms with Crippen molar-refractivity contribution in [3.8, 4) is 0 Å². The van der Waals surface area contributed by atoms with E-state index in [0.29, 0.717) is 17.8 Å². The zero-order valence-electron chi connectivity index (χ0n) is 13.0. The second kappa shape index (κ2) is 6.86. The maximum atomic E-state index is 12.4. The van der Waals surface area contributed by atoms with E-state index in [1.54, 1.807) is 0 Å². The summed E-state index contributed by atoms with van der Waals surface area (Å²) in [5.41, 5.74) is 1.18. The van der Waals surface area contributed by atoms with E-state index >= 15 is 0 Å². The predicted octanol–water partition coefficient (Wildman–Crippen LogP) is 4.50. The van der Waals surface area contributed by atoms with E-state index in [2.05, 4.69) is 20.8 Å². The fraction of sp³-hybridized carbons (Fsp3) is 0.647. The predicted molar refractivity (Wildman–Crippen MR) is 83.8 cm³/mol. The van der Waals surface area contributed by atoms with Crippen LogP contribution in [0.25, 0.3) is 0 Å². The molecule has 1 aliphatic rings. The zero-order valence-corrected chi connectivity index (χ0v) is 13.8. The van der Waals surface area contributed by atoms with Gasteiger partial charge in [0.1, 0.15) is 0 Å². The summed E-state index contributed by atoms with van der Waals surface area (Å²) in [5, 5.41) is 0. The van der Waals surface area contributed by atoms with E-state index in [0.717, 1.165) is 11.3 Å². The highest BCUT2D eigenvalue weighted by Gasteiger charge is 2.33. The molecule has 1 saturated carbocycles. The third-order valence-electron chi connectivity index (χ3n) is 4.39. The molecule has 112 valence electrons. The van der Waals surface area contributed by atoms with Gasteiger partial charge in [-0.15, -0.1) is 0 Å². The maximum Gasteiger partial charge on any atom is 0.189 e. The Labute approximate surface area is 125 Å². The van der Waals surface area contributed by atoms with Crippen LogP contribution in [-0.4, -0.2) is 10.3 Å². The van der Waals surface area contributed by atoms with Crippen LogP contribution >= 0.6 is 0 Å². The second-order valence-corrected chi connectivity index (χ2v) is 7.64. The molecule has 4 atom stereocenters. The highest BCUT2D eigenvalue weighted by Crippen LogP contribution is 2.36. The first kappa shape index (κ1) is 15.7. The first-order valence-electron chi connectivity index (χ1n) is 7.63. The normalized spacial score (nSPS) is 28.6. The van der Waals surface area contributed by atoms with Gasteiger partial charge in [0.05, 0.1) is 11.0 Å². The van der Waals surface area contributed by atoms with Crippen LogP contribution < -0.4 is 0 Å². The van der Waals surface area contributed by atoms with Crippen molar-refractivity contribution >= 4 is 11.1 Å². The Balaban J connectivity index is 2.05. The van der Waals surface area contributed by atoms with Crippen LogP contribution in [0.2, 0.25) is 0 Å². The molecule has 2 rings (SSSR count). The van der Waals surface area contributed by atoms with Crippen LogP contribution in [-0.2, 0) is 15.3 Å². The van der Waals surface area contributed by atoms with Crippen molar-refractivity contribution in [2.45, 2.75) is 58.0 Å². The molecule has 0 bridgehead atoms. The van der Waals surface area contributed by atoms with Crippen molar-refractivity contribution in [3.05, 3.63) is 29.8 Å². The molecule has 1 aromatic carbocycles. The molecule has 3 heteroatoms. The Morgan fingerprint density at radius 2 is 1.85 bits per heavy atom. The fourth-order valence-electron chi connectivity index (χ4n) is 3.04. The first-order valence-corrected chi connectivity index (χ1v) is 8.70. The summed E-state index contributed by atoms with van der Waals surface area (Å²) >= 11 is -1.34. The summed E-state index contributed by atoms with van der Waals surface area (Å²) in [4.78, 5) is 0.774. The van der Waals surface area contributed by atoms with Gasteiger partial charge in [-0.1, -0.05) is 44.9 Å². The smallest absolute Gasteiger partial charge is 0.189 e. The number of hydrogen-bond donors (Lipinski definition) is 0. The summed E-state index contributed by atoms with van der Waals surface area (Å²) < 4.78 is 18.3. The van der Waals surface area contributed by atoms with Crippen LogP contribution in [0.1, 0.15) is 45.6 Å². The first-order chi connectivity index (χ1) is 9.47. The average Bonchev–Trinajstić information content (AvgIpc) is 2.39. The fourth-order valence-corrected chi connectivity index (χ4v) is 3.96. The lowest BCUT2D eigenvalue weighted by Crippen LogP contribution is -2.34. The van der Waals surface area contributed by atoms with Gasteiger partial charge < -0.3 is 0 Å². The molecule has 2 nitrogen and oxygen atoms in total. The van der Waals surface area contributed by atoms with Crippen LogP contribution in [0.3, 0.4) is 0 Å². The Kier molecular flexibility index (Phi) is 5.39. The SMILES string of the molecule is Cc1ccc(S(=O)OC2C[C@H](C)CC[C@H]2C(C)C)cc1. The molecule has 0 radical (unpaired) electrons. The summed E-state index contributed by atoms with van der Waals surface area (Å²) in [6, 6.07) is 7.78. The van der Waals surface area contributed by atoms with E-state index in [9.17, 15) is 4.21 Å². The molecule has 1 aromatic rings. The molecule has 0 aliphatic heterocycles. The summed E-state index contributed by atoms with van der Waals surface area (Å²) in [6.45, 7) is 8.78. The molecule has 1 fully saturated rings. The van der Waals surface area contributed by atoms with Crippen LogP contribution in [0.15, 0.2) is 29.2 Å². The molecular formula is C17H26O2S. The lowest BCUT2D eigenvalue weighted by Gasteiger charge is -2.36. The quantitative estimate of drug-likeness (QED) is 0.817. The van der Waals surface area contributed by atoms with Gasteiger partial charge in [0.15, 0.2) is 11.1 Å². The molecule has 0 amide bonds. The molecule has 1 aliphatic carbocycles. The molecule has 2 unspecified atom stereocenters. The maximum absolute atomic E-state index is 12.4. The molecular weight excluding hydrogens is 268 g/mol. The Morgan fingerprint density at radius 1 is 1.20 bits per heavy atom. The van der Waals surface area contributed by atoms with Crippen LogP contribution in [0.5, 0.6) is 0 Å². The Hall–Kier alpha value is -0.670. The monoisotopic (exact) mass is 294 g/mol. The highest BCUT2D eigenvalue weighted by molar-refractivity contribution is 7.80. The number of benzene rings is 1. The van der Waals surface area contributed by atoms with E-state index in [1.807, 2.05) is 31.2 Å². The third-order valence-corrected chi connectivity index (χ3v) is 5.46. The van der Waals surface area contributed by atoms with Gasteiger partial charge in [-0.25, -0.2) is 4.21 Å². The summed E-state index contributed by atoms with van der Waals surface area (Å²) in [5.74, 6) is 1.79. The van der Waals surface area contributed by atoms with Gasteiger partial charge >= 0.3 is 0 Å². The van der Waals surface area contributed by atoms with Crippen LogP contribution in [0, 0.1) is 24.7 Å². The molecule has 0 heterocycles. The van der Waals surface area contributed by atoms with Crippen molar-refractivity contribution in [2.24, 2.45) is 17.8 Å². The minimum absolute atomic E-state index is 0.126. The Bertz CT molecular complexity index is 453. The summed E-state index contributed by atoms with van der Waals surface area (Å²) in [6.07, 6.45) is 3.61. The Morgan fingerprint density at radius 3 is 2.45 bits per heavy atom. The van der Waals surface area contributed by atoms with Crippen molar-refractivity contribution < 1.29 is 8.39 Å². The highest BCUT2D eigenvalue weighted by atomic mass is 32.2. The lowest BCUT2D eigenvalue weighted by molar-refractivity contribution is 0.0567. The minimum atomic E-state index is -1.34. The van der Waals surface area contributed by atoms with Gasteiger partial charge in [-0.3, -0.25) is 4.18 Å². The summed E-state index contributed by atoms with van der Waals surface area (Å²) in [7, 11) is 0. The number of rotatable bonds is 4. The van der Waals surface area contributed by atoms with E-state index < -0.39 is 11.1 Å². The standard InChI is InChI=1S/C17H26O2S/c1-12(2)16-10-7-14(4)11-17(16)19-20(18)15-8-5-13(3)6-9-15/h5-6,8-9,12,14,16-17H,7,10-11H2,1-4H3/t14-,16+,17?,20?/m1/s1. The number of aryl methyl sites for hydroxylation is 1. The molecule has 0 aromatic heterocycles. The van der Waals surface area contributed by atoms with Gasteiger partial charge in [0, 0.05) is 0 Å². The van der Waals surface area contributed by atoms with Crippen molar-refractivity contribution in [3.63, 3.8) is 0 Å². The largest absolute Gasteiger partial charge is 0.283 e. The molecule has 0 spiro atoms. The lowest BCUT2D eigenvalue weighted by atomic mass is 9.75. The van der Waals surface area contributed by atoms with Gasteiger partial charge in [0.2, 0.25) is 0 Å². The van der Waals surface area contributed by atoms with Crippen molar-refractivity contribution in [1.82, 2.24) is 0 Å². The molecule has 0 saturated heterocycles. The molecule has 0 N–H and O–H groups in total. The zero-order chi connectivity index (χ0) is 14.7. The van der Waals surface area contributed by atoms with E-state index in [1.165, 1.54) is 18.4 Å². The van der Waals surface area contributed by atoms with E-state index in [-0.39, 0.29) is 6.10 Å². The van der Waals surface area contributed by atoms with Crippen LogP contribution in [0.4, 0.5) is 0 Å². The van der Waals surface area contributed by atoms with Gasteiger partial charge in [-0.05, 0) is 49.7 Å². The van der Waals surface area contributed by atoms with Gasteiger partial charge in [-0.2, -0.15) is 0 Å². The number of hydrogen-bond acceptors (Lipinski definition) is 2. The van der Waals surface area contributed by atoms with Crippen molar-refractivity contribution in [1.29, 1.82) is 0 Å². The average molecular weight is 294 g/mol. The van der Waals surface area contributed by atoms with Crippen molar-refractivity contribution in [2.75, 3.05) is 0 Å².